The molecule has 3 heterocycles. The van der Waals surface area contributed by atoms with E-state index in [1.54, 1.807) is 12.4 Å². The summed E-state index contributed by atoms with van der Waals surface area (Å²) in [4.78, 5) is 16.4. The molecule has 1 aliphatic heterocycles. The van der Waals surface area contributed by atoms with E-state index in [2.05, 4.69) is 51.6 Å². The fourth-order valence-electron chi connectivity index (χ4n) is 3.94. The van der Waals surface area contributed by atoms with Gasteiger partial charge in [-0.05, 0) is 29.8 Å². The number of pyridine rings is 1. The second-order valence-electron chi connectivity index (χ2n) is 7.68. The molecule has 4 aromatic rings. The zero-order chi connectivity index (χ0) is 20.9. The number of ether oxygens (including phenoxy) is 1. The fourth-order valence-corrected chi connectivity index (χ4v) is 3.94. The van der Waals surface area contributed by atoms with Gasteiger partial charge in [-0.15, -0.1) is 0 Å². The minimum Gasteiger partial charge on any atom is -0.379 e. The van der Waals surface area contributed by atoms with Gasteiger partial charge in [-0.3, -0.25) is 9.88 Å². The van der Waals surface area contributed by atoms with Crippen LogP contribution >= 0.6 is 0 Å². The Morgan fingerprint density at radius 1 is 0.903 bits per heavy atom. The van der Waals surface area contributed by atoms with Crippen molar-refractivity contribution in [2.24, 2.45) is 0 Å². The molecule has 1 N–H and O–H groups in total. The third-order valence-corrected chi connectivity index (χ3v) is 5.58. The maximum absolute atomic E-state index is 5.54. The van der Waals surface area contributed by atoms with Crippen LogP contribution in [0.5, 0.6) is 0 Å². The van der Waals surface area contributed by atoms with Crippen molar-refractivity contribution in [2.75, 3.05) is 38.2 Å². The van der Waals surface area contributed by atoms with Gasteiger partial charge in [0.05, 0.1) is 24.8 Å². The number of morpholine rings is 1. The number of benzene rings is 2. The smallest absolute Gasteiger partial charge is 0.163 e. The van der Waals surface area contributed by atoms with Gasteiger partial charge in [0.1, 0.15) is 5.82 Å². The van der Waals surface area contributed by atoms with E-state index in [9.17, 15) is 0 Å². The molecule has 0 radical (unpaired) electrons. The molecule has 1 saturated heterocycles. The number of rotatable bonds is 6. The highest BCUT2D eigenvalue weighted by atomic mass is 16.5. The lowest BCUT2D eigenvalue weighted by Gasteiger charge is -2.31. The number of hydrogen-bond acceptors (Lipinski definition) is 6. The Hall–Kier alpha value is -3.35. The zero-order valence-corrected chi connectivity index (χ0v) is 17.3. The van der Waals surface area contributed by atoms with E-state index in [-0.39, 0.29) is 6.04 Å². The quantitative estimate of drug-likeness (QED) is 0.514. The maximum atomic E-state index is 5.54. The predicted octanol–water partition coefficient (Wildman–Crippen LogP) is 4.18. The van der Waals surface area contributed by atoms with E-state index < -0.39 is 0 Å². The van der Waals surface area contributed by atoms with Crippen molar-refractivity contribution >= 4 is 16.7 Å². The van der Waals surface area contributed by atoms with Crippen molar-refractivity contribution in [1.29, 1.82) is 0 Å². The molecule has 0 saturated carbocycles. The van der Waals surface area contributed by atoms with Crippen LogP contribution < -0.4 is 5.32 Å². The molecular formula is C25H25N5O. The van der Waals surface area contributed by atoms with Gasteiger partial charge >= 0.3 is 0 Å². The van der Waals surface area contributed by atoms with E-state index in [1.807, 2.05) is 30.3 Å². The van der Waals surface area contributed by atoms with Crippen molar-refractivity contribution in [3.8, 4) is 11.4 Å². The van der Waals surface area contributed by atoms with Gasteiger partial charge < -0.3 is 10.1 Å². The molecule has 6 heteroatoms. The number of para-hydroxylation sites is 1. The number of aromatic nitrogens is 3. The number of hydrogen-bond donors (Lipinski definition) is 1. The number of nitrogens with one attached hydrogen (secondary N) is 1. The monoisotopic (exact) mass is 411 g/mol. The number of fused-ring (bicyclic) bond motifs is 1. The predicted molar refractivity (Wildman–Crippen MR) is 123 cm³/mol. The molecule has 0 bridgehead atoms. The van der Waals surface area contributed by atoms with Gasteiger partial charge in [-0.2, -0.15) is 0 Å². The molecule has 1 atom stereocenters. The van der Waals surface area contributed by atoms with Crippen molar-refractivity contribution in [3.05, 3.63) is 84.7 Å². The van der Waals surface area contributed by atoms with E-state index in [0.29, 0.717) is 5.82 Å². The lowest BCUT2D eigenvalue weighted by atomic mass is 10.1. The SMILES string of the molecule is c1ccc(C(CN2CCOCC2)Nc2nc(-c3cccnc3)nc3ccccc23)cc1. The van der Waals surface area contributed by atoms with E-state index >= 15 is 0 Å². The van der Waals surface area contributed by atoms with Gasteiger partial charge in [-0.1, -0.05) is 42.5 Å². The lowest BCUT2D eigenvalue weighted by Crippen LogP contribution is -2.40. The summed E-state index contributed by atoms with van der Waals surface area (Å²) < 4.78 is 5.54. The third-order valence-electron chi connectivity index (χ3n) is 5.58. The Morgan fingerprint density at radius 2 is 1.71 bits per heavy atom. The van der Waals surface area contributed by atoms with E-state index in [0.717, 1.165) is 55.1 Å². The van der Waals surface area contributed by atoms with Gasteiger partial charge in [0.15, 0.2) is 5.82 Å². The molecule has 1 unspecified atom stereocenters. The van der Waals surface area contributed by atoms with Crippen molar-refractivity contribution in [2.45, 2.75) is 6.04 Å². The molecule has 2 aromatic carbocycles. The standard InChI is InChI=1S/C25H25N5O/c1-2-7-19(8-3-1)23(18-30-13-15-31-16-14-30)28-25-21-10-4-5-11-22(21)27-24(29-25)20-9-6-12-26-17-20/h1-12,17,23H,13-16,18H2,(H,27,28,29). The molecule has 2 aromatic heterocycles. The maximum Gasteiger partial charge on any atom is 0.163 e. The zero-order valence-electron chi connectivity index (χ0n) is 17.3. The molecule has 0 aliphatic carbocycles. The van der Waals surface area contributed by atoms with Crippen LogP contribution in [0.1, 0.15) is 11.6 Å². The molecule has 6 nitrogen and oxygen atoms in total. The van der Waals surface area contributed by atoms with Crippen LogP contribution in [-0.4, -0.2) is 52.7 Å². The molecule has 1 fully saturated rings. The largest absolute Gasteiger partial charge is 0.379 e. The first kappa shape index (κ1) is 19.6. The Kier molecular flexibility index (Phi) is 5.82. The summed E-state index contributed by atoms with van der Waals surface area (Å²) in [6, 6.07) is 22.7. The highest BCUT2D eigenvalue weighted by Gasteiger charge is 2.20. The van der Waals surface area contributed by atoms with Crippen molar-refractivity contribution in [1.82, 2.24) is 19.9 Å². The van der Waals surface area contributed by atoms with Crippen LogP contribution in [0.4, 0.5) is 5.82 Å². The third kappa shape index (κ3) is 4.55. The molecule has 156 valence electrons. The second-order valence-corrected chi connectivity index (χ2v) is 7.68. The highest BCUT2D eigenvalue weighted by Crippen LogP contribution is 2.28. The van der Waals surface area contributed by atoms with Gasteiger partial charge in [0.25, 0.3) is 0 Å². The highest BCUT2D eigenvalue weighted by molar-refractivity contribution is 5.90. The Balaban J connectivity index is 1.54. The minimum atomic E-state index is 0.0966. The average Bonchev–Trinajstić information content (AvgIpc) is 2.85. The van der Waals surface area contributed by atoms with E-state index in [1.165, 1.54) is 5.56 Å². The van der Waals surface area contributed by atoms with Crippen LogP contribution in [0.15, 0.2) is 79.1 Å². The summed E-state index contributed by atoms with van der Waals surface area (Å²) >= 11 is 0. The molecule has 5 rings (SSSR count). The topological polar surface area (TPSA) is 63.2 Å². The summed E-state index contributed by atoms with van der Waals surface area (Å²) in [6.07, 6.45) is 3.56. The van der Waals surface area contributed by atoms with Crippen LogP contribution in [0.2, 0.25) is 0 Å². The Bertz CT molecular complexity index is 1130. The summed E-state index contributed by atoms with van der Waals surface area (Å²) in [5.41, 5.74) is 3.05. The van der Waals surface area contributed by atoms with Gasteiger partial charge in [0, 0.05) is 43.0 Å². The Labute approximate surface area is 181 Å². The molecular weight excluding hydrogens is 386 g/mol. The van der Waals surface area contributed by atoms with Crippen molar-refractivity contribution < 1.29 is 4.74 Å². The first-order valence-corrected chi connectivity index (χ1v) is 10.7. The Morgan fingerprint density at radius 3 is 2.52 bits per heavy atom. The molecule has 1 aliphatic rings. The fraction of sp³-hybridized carbons (Fsp3) is 0.240. The first-order valence-electron chi connectivity index (χ1n) is 10.7. The van der Waals surface area contributed by atoms with Crippen LogP contribution in [0.3, 0.4) is 0 Å². The van der Waals surface area contributed by atoms with Crippen LogP contribution in [-0.2, 0) is 4.74 Å². The summed E-state index contributed by atoms with van der Waals surface area (Å²) in [5.74, 6) is 1.51. The second kappa shape index (κ2) is 9.20. The lowest BCUT2D eigenvalue weighted by molar-refractivity contribution is 0.0361. The summed E-state index contributed by atoms with van der Waals surface area (Å²) in [7, 11) is 0. The normalized spacial score (nSPS) is 15.6. The average molecular weight is 412 g/mol. The summed E-state index contributed by atoms with van der Waals surface area (Å²) in [5, 5.41) is 4.75. The van der Waals surface area contributed by atoms with Gasteiger partial charge in [0.2, 0.25) is 0 Å². The molecule has 31 heavy (non-hydrogen) atoms. The number of nitrogens with zero attached hydrogens (tertiary/aromatic N) is 4. The number of anilines is 1. The van der Waals surface area contributed by atoms with Gasteiger partial charge in [-0.25, -0.2) is 9.97 Å². The van der Waals surface area contributed by atoms with Crippen LogP contribution in [0, 0.1) is 0 Å². The van der Waals surface area contributed by atoms with E-state index in [4.69, 9.17) is 14.7 Å². The van der Waals surface area contributed by atoms with Crippen LogP contribution in [0.25, 0.3) is 22.3 Å². The first-order chi connectivity index (χ1) is 15.4. The van der Waals surface area contributed by atoms with Crippen molar-refractivity contribution in [3.63, 3.8) is 0 Å². The summed E-state index contributed by atoms with van der Waals surface area (Å²) in [6.45, 7) is 4.33. The molecule has 0 amide bonds. The molecule has 0 spiro atoms. The minimum absolute atomic E-state index is 0.0966.